The van der Waals surface area contributed by atoms with Gasteiger partial charge in [-0.25, -0.2) is 4.79 Å². The Bertz CT molecular complexity index is 1690. The van der Waals surface area contributed by atoms with Gasteiger partial charge in [-0.05, 0) is 48.6 Å². The van der Waals surface area contributed by atoms with Crippen molar-refractivity contribution in [3.8, 4) is 5.75 Å². The van der Waals surface area contributed by atoms with Crippen molar-refractivity contribution in [3.63, 3.8) is 0 Å². The maximum atomic E-state index is 14.2. The number of pyridine rings is 1. The number of likely N-dealkylation sites (tertiary alicyclic amines) is 1. The van der Waals surface area contributed by atoms with Gasteiger partial charge in [0.1, 0.15) is 12.7 Å². The lowest BCUT2D eigenvalue weighted by molar-refractivity contribution is -0.173. The van der Waals surface area contributed by atoms with Crippen molar-refractivity contribution in [3.05, 3.63) is 92.4 Å². The van der Waals surface area contributed by atoms with Crippen molar-refractivity contribution < 1.29 is 32.6 Å². The van der Waals surface area contributed by atoms with Gasteiger partial charge in [0.15, 0.2) is 5.69 Å². The fourth-order valence-corrected chi connectivity index (χ4v) is 7.47. The molecule has 1 fully saturated rings. The first-order chi connectivity index (χ1) is 21.0. The van der Waals surface area contributed by atoms with Gasteiger partial charge in [0.2, 0.25) is 11.2 Å². The highest BCUT2D eigenvalue weighted by molar-refractivity contribution is 7.98. The number of hydrogen-bond donors (Lipinski definition) is 1. The Balaban J connectivity index is 1.56. The van der Waals surface area contributed by atoms with Gasteiger partial charge in [0.25, 0.3) is 5.91 Å². The summed E-state index contributed by atoms with van der Waals surface area (Å²) in [6, 6.07) is 10.4. The molecule has 4 heterocycles. The Morgan fingerprint density at radius 3 is 2.64 bits per heavy atom. The molecule has 3 aliphatic heterocycles. The maximum absolute atomic E-state index is 14.2. The van der Waals surface area contributed by atoms with Crippen LogP contribution in [-0.2, 0) is 5.75 Å². The van der Waals surface area contributed by atoms with E-state index >= 15 is 0 Å². The van der Waals surface area contributed by atoms with Crippen molar-refractivity contribution in [2.24, 2.45) is 0 Å². The molecule has 1 aromatic heterocycles. The number of thioether (sulfide) groups is 1. The Morgan fingerprint density at radius 2 is 1.89 bits per heavy atom. The third kappa shape index (κ3) is 5.20. The summed E-state index contributed by atoms with van der Waals surface area (Å²) >= 11 is 8.17. The molecule has 0 bridgehead atoms. The summed E-state index contributed by atoms with van der Waals surface area (Å²) in [5.41, 5.74) is 0.907. The number of alkyl halides is 3. The number of ether oxygens (including phenoxy) is 1. The molecule has 3 aliphatic rings. The van der Waals surface area contributed by atoms with Gasteiger partial charge in [-0.15, -0.1) is 11.8 Å². The fraction of sp³-hybridized carbons (Fsp3) is 0.367. The van der Waals surface area contributed by atoms with Gasteiger partial charge in [0.05, 0.1) is 18.7 Å². The van der Waals surface area contributed by atoms with E-state index in [9.17, 15) is 32.7 Å². The molecule has 3 aromatic rings. The Morgan fingerprint density at radius 1 is 1.14 bits per heavy atom. The third-order valence-corrected chi connectivity index (χ3v) is 9.83. The number of nitrogens with zero attached hydrogens (tertiary/aromatic N) is 4. The topological polar surface area (TPSA) is 95.3 Å². The largest absolute Gasteiger partial charge is 0.415 e. The van der Waals surface area contributed by atoms with Crippen LogP contribution in [0, 0.1) is 0 Å². The van der Waals surface area contributed by atoms with Gasteiger partial charge in [-0.2, -0.15) is 13.2 Å². The first-order valence-corrected chi connectivity index (χ1v) is 15.4. The van der Waals surface area contributed by atoms with E-state index in [1.807, 2.05) is 30.3 Å². The number of benzene rings is 2. The Kier molecular flexibility index (Phi) is 8.05. The summed E-state index contributed by atoms with van der Waals surface area (Å²) in [6.07, 6.45) is -3.35. The summed E-state index contributed by atoms with van der Waals surface area (Å²) < 4.78 is 49.5. The molecule has 232 valence electrons. The lowest BCUT2D eigenvalue weighted by Crippen LogP contribution is -2.60. The van der Waals surface area contributed by atoms with Crippen molar-refractivity contribution in [1.29, 1.82) is 0 Å². The van der Waals surface area contributed by atoms with E-state index in [0.717, 1.165) is 34.6 Å². The number of aromatic nitrogens is 1. The first kappa shape index (κ1) is 30.4. The molecule has 0 aliphatic carbocycles. The molecular weight excluding hydrogens is 621 g/mol. The highest BCUT2D eigenvalue weighted by Gasteiger charge is 2.48. The number of carbonyl (C=O) groups is 2. The molecule has 0 spiro atoms. The van der Waals surface area contributed by atoms with E-state index in [1.165, 1.54) is 27.5 Å². The third-order valence-electron chi connectivity index (χ3n) is 8.36. The monoisotopic (exact) mass is 648 g/mol. The number of fused-ring (bicyclic) bond motifs is 3. The van der Waals surface area contributed by atoms with Crippen LogP contribution >= 0.6 is 23.4 Å². The van der Waals surface area contributed by atoms with E-state index in [4.69, 9.17) is 16.3 Å². The van der Waals surface area contributed by atoms with Crippen molar-refractivity contribution >= 4 is 35.4 Å². The molecule has 6 rings (SSSR count). The summed E-state index contributed by atoms with van der Waals surface area (Å²) in [5.74, 6) is -1.30. The van der Waals surface area contributed by atoms with Crippen molar-refractivity contribution in [1.82, 2.24) is 14.5 Å². The molecule has 14 heteroatoms. The Labute approximate surface area is 259 Å². The van der Waals surface area contributed by atoms with E-state index in [0.29, 0.717) is 28.5 Å². The van der Waals surface area contributed by atoms with E-state index in [1.54, 1.807) is 17.1 Å². The van der Waals surface area contributed by atoms with Gasteiger partial charge >= 0.3 is 12.3 Å². The molecule has 1 N–H and O–H groups in total. The lowest BCUT2D eigenvalue weighted by Gasteiger charge is -2.46. The van der Waals surface area contributed by atoms with Crippen LogP contribution in [0.25, 0.3) is 0 Å². The van der Waals surface area contributed by atoms with Crippen LogP contribution in [0.5, 0.6) is 5.75 Å². The highest BCUT2D eigenvalue weighted by atomic mass is 35.5. The number of carbonyl (C=O) groups excluding carboxylic acids is 2. The fourth-order valence-electron chi connectivity index (χ4n) is 5.99. The standard InChI is InChI=1S/C30H28ClF3N4O5S/c1-17(30(32,33)34)36-16-38(25-19-8-4-9-22(31)21(19)15-44-24-10-3-2-7-20(24)25)37-13-11-23(40)27(26(37)28(36)41)43-29(42)35-12-5-6-18(35)14-39/h2-4,7-11,13,17-18,25,39H,5-6,12,14-16H2,1H3/t17-,18+,25+/m1/s1. The van der Waals surface area contributed by atoms with E-state index in [-0.39, 0.29) is 13.2 Å². The minimum absolute atomic E-state index is 0.256. The number of aliphatic hydroxyl groups excluding tert-OH is 1. The molecule has 3 atom stereocenters. The molecule has 0 radical (unpaired) electrons. The molecule has 44 heavy (non-hydrogen) atoms. The lowest BCUT2D eigenvalue weighted by atomic mass is 9.94. The zero-order chi connectivity index (χ0) is 31.3. The predicted molar refractivity (Wildman–Crippen MR) is 158 cm³/mol. The SMILES string of the molecule is C[C@@H](N1CN([C@@H]2c3ccccc3SCc3c(Cl)cccc32)n2ccc(=O)c(OC(=O)N3CCC[C@H]3CO)c2C1=O)C(F)(F)F. The minimum atomic E-state index is -4.79. The average Bonchev–Trinajstić information content (AvgIpc) is 3.41. The molecular formula is C30H28ClF3N4O5S. The van der Waals surface area contributed by atoms with Crippen LogP contribution in [0.4, 0.5) is 18.0 Å². The molecule has 1 saturated heterocycles. The number of halogens is 4. The number of aliphatic hydroxyl groups is 1. The predicted octanol–water partition coefficient (Wildman–Crippen LogP) is 5.15. The van der Waals surface area contributed by atoms with E-state index in [2.05, 4.69) is 0 Å². The second-order valence-corrected chi connectivity index (χ2v) is 12.3. The highest BCUT2D eigenvalue weighted by Crippen LogP contribution is 2.45. The molecule has 0 unspecified atom stereocenters. The van der Waals surface area contributed by atoms with Crippen LogP contribution in [0.2, 0.25) is 5.02 Å². The zero-order valence-electron chi connectivity index (χ0n) is 23.5. The average molecular weight is 649 g/mol. The van der Waals surface area contributed by atoms with Gasteiger partial charge in [-0.3, -0.25) is 19.3 Å². The summed E-state index contributed by atoms with van der Waals surface area (Å²) in [7, 11) is 0. The van der Waals surface area contributed by atoms with Crippen LogP contribution in [0.15, 0.2) is 64.4 Å². The number of hydrogen-bond acceptors (Lipinski definition) is 7. The molecule has 0 saturated carbocycles. The van der Waals surface area contributed by atoms with Crippen LogP contribution in [0.1, 0.15) is 53.0 Å². The zero-order valence-corrected chi connectivity index (χ0v) is 25.0. The van der Waals surface area contributed by atoms with Crippen LogP contribution < -0.4 is 15.2 Å². The van der Waals surface area contributed by atoms with Crippen LogP contribution in [-0.4, -0.2) is 69.7 Å². The normalized spacial score (nSPS) is 20.5. The van der Waals surface area contributed by atoms with Crippen molar-refractivity contribution in [2.75, 3.05) is 24.8 Å². The van der Waals surface area contributed by atoms with E-state index < -0.39 is 59.8 Å². The smallest absolute Gasteiger partial charge is 0.403 e. The van der Waals surface area contributed by atoms with Gasteiger partial charge in [0, 0.05) is 34.5 Å². The second kappa shape index (κ2) is 11.7. The molecule has 9 nitrogen and oxygen atoms in total. The molecule has 2 aromatic carbocycles. The van der Waals surface area contributed by atoms with Gasteiger partial charge < -0.3 is 19.6 Å². The molecule has 2 amide bonds. The number of amides is 2. The second-order valence-electron chi connectivity index (χ2n) is 10.9. The summed E-state index contributed by atoms with van der Waals surface area (Å²) in [5, 5.41) is 11.7. The minimum Gasteiger partial charge on any atom is -0.403 e. The quantitative estimate of drug-likeness (QED) is 0.418. The van der Waals surface area contributed by atoms with Crippen molar-refractivity contribution in [2.45, 2.75) is 54.7 Å². The van der Waals surface area contributed by atoms with Gasteiger partial charge in [-0.1, -0.05) is 41.9 Å². The number of rotatable bonds is 4. The maximum Gasteiger partial charge on any atom is 0.415 e. The first-order valence-electron chi connectivity index (χ1n) is 14.0. The summed E-state index contributed by atoms with van der Waals surface area (Å²) in [6.45, 7) is 0.296. The summed E-state index contributed by atoms with van der Waals surface area (Å²) in [4.78, 5) is 43.1. The Hall–Kier alpha value is -3.68. The van der Waals surface area contributed by atoms with Crippen LogP contribution in [0.3, 0.4) is 0 Å².